The Morgan fingerprint density at radius 3 is 2.50 bits per heavy atom. The van der Waals surface area contributed by atoms with Crippen LogP contribution in [0.2, 0.25) is 0 Å². The lowest BCUT2D eigenvalue weighted by Crippen LogP contribution is -2.45. The van der Waals surface area contributed by atoms with Gasteiger partial charge in [0.2, 0.25) is 5.91 Å². The van der Waals surface area contributed by atoms with Gasteiger partial charge in [0.15, 0.2) is 0 Å². The van der Waals surface area contributed by atoms with E-state index in [9.17, 15) is 4.79 Å². The molecule has 0 bridgehead atoms. The average molecular weight is 250 g/mol. The first kappa shape index (κ1) is 14.5. The molecule has 0 spiro atoms. The lowest BCUT2D eigenvalue weighted by molar-refractivity contribution is -0.120. The predicted octanol–water partition coefficient (Wildman–Crippen LogP) is 1.54. The van der Waals surface area contributed by atoms with Crippen LogP contribution in [0.4, 0.5) is 0 Å². The SMILES string of the molecule is CCCNC(COc1c(C)cccc1C)C(N)=O. The van der Waals surface area contributed by atoms with Crippen LogP contribution in [0.5, 0.6) is 5.75 Å². The monoisotopic (exact) mass is 250 g/mol. The molecule has 100 valence electrons. The lowest BCUT2D eigenvalue weighted by Gasteiger charge is -2.18. The molecule has 0 radical (unpaired) electrons. The molecule has 4 heteroatoms. The van der Waals surface area contributed by atoms with Crippen molar-refractivity contribution in [2.24, 2.45) is 5.73 Å². The predicted molar refractivity (Wildman–Crippen MR) is 72.7 cm³/mol. The highest BCUT2D eigenvalue weighted by atomic mass is 16.5. The topological polar surface area (TPSA) is 64.3 Å². The van der Waals surface area contributed by atoms with Gasteiger partial charge in [-0.15, -0.1) is 0 Å². The standard InChI is InChI=1S/C14H22N2O2/c1-4-8-16-12(14(15)17)9-18-13-10(2)6-5-7-11(13)3/h5-7,12,16H,4,8-9H2,1-3H3,(H2,15,17). The molecule has 1 atom stereocenters. The molecule has 0 heterocycles. The molecule has 1 rings (SSSR count). The van der Waals surface area contributed by atoms with Gasteiger partial charge in [0.05, 0.1) is 0 Å². The van der Waals surface area contributed by atoms with Crippen molar-refractivity contribution in [2.45, 2.75) is 33.2 Å². The number of benzene rings is 1. The lowest BCUT2D eigenvalue weighted by atomic mass is 10.1. The summed E-state index contributed by atoms with van der Waals surface area (Å²) in [6, 6.07) is 5.52. The van der Waals surface area contributed by atoms with E-state index in [1.165, 1.54) is 0 Å². The number of rotatable bonds is 7. The third-order valence-electron chi connectivity index (χ3n) is 2.79. The summed E-state index contributed by atoms with van der Waals surface area (Å²) in [6.07, 6.45) is 0.952. The number of nitrogens with one attached hydrogen (secondary N) is 1. The van der Waals surface area contributed by atoms with Gasteiger partial charge in [0.25, 0.3) is 0 Å². The minimum absolute atomic E-state index is 0.265. The Kier molecular flexibility index (Phi) is 5.65. The summed E-state index contributed by atoms with van der Waals surface area (Å²) in [5.74, 6) is 0.455. The zero-order chi connectivity index (χ0) is 13.5. The molecule has 0 saturated heterocycles. The summed E-state index contributed by atoms with van der Waals surface area (Å²) >= 11 is 0. The Morgan fingerprint density at radius 1 is 1.39 bits per heavy atom. The van der Waals surface area contributed by atoms with E-state index in [-0.39, 0.29) is 12.5 Å². The van der Waals surface area contributed by atoms with Crippen LogP contribution in [0, 0.1) is 13.8 Å². The average Bonchev–Trinajstić information content (AvgIpc) is 2.31. The van der Waals surface area contributed by atoms with Crippen LogP contribution in [0.1, 0.15) is 24.5 Å². The number of primary amides is 1. The molecule has 0 fully saturated rings. The molecule has 3 N–H and O–H groups in total. The highest BCUT2D eigenvalue weighted by Gasteiger charge is 2.15. The van der Waals surface area contributed by atoms with Gasteiger partial charge < -0.3 is 15.8 Å². The van der Waals surface area contributed by atoms with Gasteiger partial charge in [-0.25, -0.2) is 0 Å². The fourth-order valence-electron chi connectivity index (χ4n) is 1.75. The zero-order valence-corrected chi connectivity index (χ0v) is 11.3. The summed E-state index contributed by atoms with van der Waals surface area (Å²) in [5, 5.41) is 3.08. The number of carbonyl (C=O) groups is 1. The number of hydrogen-bond donors (Lipinski definition) is 2. The number of aryl methyl sites for hydroxylation is 2. The first-order valence-corrected chi connectivity index (χ1v) is 6.28. The number of carbonyl (C=O) groups excluding carboxylic acids is 1. The summed E-state index contributed by atoms with van der Waals surface area (Å²) in [5.41, 5.74) is 7.46. The first-order valence-electron chi connectivity index (χ1n) is 6.28. The van der Waals surface area contributed by atoms with Gasteiger partial charge in [0, 0.05) is 0 Å². The largest absolute Gasteiger partial charge is 0.491 e. The van der Waals surface area contributed by atoms with Crippen LogP contribution in [-0.2, 0) is 4.79 Å². The molecule has 18 heavy (non-hydrogen) atoms. The van der Waals surface area contributed by atoms with E-state index in [1.54, 1.807) is 0 Å². The minimum atomic E-state index is -0.441. The van der Waals surface area contributed by atoms with Crippen LogP contribution in [0.3, 0.4) is 0 Å². The molecule has 1 aromatic carbocycles. The van der Waals surface area contributed by atoms with Gasteiger partial charge in [-0.3, -0.25) is 4.79 Å². The molecular formula is C14H22N2O2. The Morgan fingerprint density at radius 2 is 2.00 bits per heavy atom. The maximum atomic E-state index is 11.3. The number of hydrogen-bond acceptors (Lipinski definition) is 3. The molecule has 0 aliphatic carbocycles. The number of ether oxygens (including phenoxy) is 1. The second-order valence-electron chi connectivity index (χ2n) is 4.44. The van der Waals surface area contributed by atoms with E-state index in [4.69, 9.17) is 10.5 Å². The Bertz CT molecular complexity index is 385. The fourth-order valence-corrected chi connectivity index (χ4v) is 1.75. The molecule has 0 aliphatic heterocycles. The van der Waals surface area contributed by atoms with Crippen molar-refractivity contribution in [1.29, 1.82) is 0 Å². The normalized spacial score (nSPS) is 12.2. The molecule has 1 unspecified atom stereocenters. The van der Waals surface area contributed by atoms with E-state index in [1.807, 2.05) is 39.0 Å². The Balaban J connectivity index is 2.64. The van der Waals surface area contributed by atoms with Crippen molar-refractivity contribution in [1.82, 2.24) is 5.32 Å². The van der Waals surface area contributed by atoms with E-state index in [2.05, 4.69) is 5.32 Å². The maximum Gasteiger partial charge on any atom is 0.238 e. The molecule has 0 aromatic heterocycles. The Hall–Kier alpha value is -1.55. The van der Waals surface area contributed by atoms with Crippen molar-refractivity contribution < 1.29 is 9.53 Å². The van der Waals surface area contributed by atoms with Crippen LogP contribution in [0.15, 0.2) is 18.2 Å². The van der Waals surface area contributed by atoms with Crippen LogP contribution in [-0.4, -0.2) is 25.1 Å². The van der Waals surface area contributed by atoms with Crippen LogP contribution < -0.4 is 15.8 Å². The maximum absolute atomic E-state index is 11.3. The summed E-state index contributed by atoms with van der Waals surface area (Å²) in [6.45, 7) is 7.03. The van der Waals surface area contributed by atoms with Crippen molar-refractivity contribution in [3.8, 4) is 5.75 Å². The van der Waals surface area contributed by atoms with Crippen molar-refractivity contribution in [2.75, 3.05) is 13.2 Å². The number of amides is 1. The molecule has 4 nitrogen and oxygen atoms in total. The highest BCUT2D eigenvalue weighted by molar-refractivity contribution is 5.80. The smallest absolute Gasteiger partial charge is 0.238 e. The third kappa shape index (κ3) is 4.04. The minimum Gasteiger partial charge on any atom is -0.491 e. The third-order valence-corrected chi connectivity index (χ3v) is 2.79. The summed E-state index contributed by atoms with van der Waals surface area (Å²) in [7, 11) is 0. The molecular weight excluding hydrogens is 228 g/mol. The number of para-hydroxylation sites is 1. The van der Waals surface area contributed by atoms with Gasteiger partial charge in [-0.05, 0) is 37.9 Å². The summed E-state index contributed by atoms with van der Waals surface area (Å²) in [4.78, 5) is 11.3. The van der Waals surface area contributed by atoms with Crippen LogP contribution in [0.25, 0.3) is 0 Å². The molecule has 1 amide bonds. The Labute approximate surface area is 109 Å². The zero-order valence-electron chi connectivity index (χ0n) is 11.3. The first-order chi connectivity index (χ1) is 8.56. The van der Waals surface area contributed by atoms with Crippen molar-refractivity contribution in [3.63, 3.8) is 0 Å². The van der Waals surface area contributed by atoms with Crippen LogP contribution >= 0.6 is 0 Å². The second-order valence-corrected chi connectivity index (χ2v) is 4.44. The van der Waals surface area contributed by atoms with Crippen molar-refractivity contribution in [3.05, 3.63) is 29.3 Å². The van der Waals surface area contributed by atoms with Gasteiger partial charge in [-0.2, -0.15) is 0 Å². The molecule has 0 saturated carbocycles. The van der Waals surface area contributed by atoms with E-state index < -0.39 is 6.04 Å². The fraction of sp³-hybridized carbons (Fsp3) is 0.500. The second kappa shape index (κ2) is 7.01. The van der Waals surface area contributed by atoms with Gasteiger partial charge in [-0.1, -0.05) is 25.1 Å². The van der Waals surface area contributed by atoms with E-state index >= 15 is 0 Å². The summed E-state index contributed by atoms with van der Waals surface area (Å²) < 4.78 is 5.72. The van der Waals surface area contributed by atoms with Gasteiger partial charge in [0.1, 0.15) is 18.4 Å². The van der Waals surface area contributed by atoms with E-state index in [0.717, 1.165) is 29.8 Å². The molecule has 1 aromatic rings. The van der Waals surface area contributed by atoms with Crippen molar-refractivity contribution >= 4 is 5.91 Å². The van der Waals surface area contributed by atoms with Gasteiger partial charge >= 0.3 is 0 Å². The molecule has 0 aliphatic rings. The quantitative estimate of drug-likeness (QED) is 0.771. The van der Waals surface area contributed by atoms with E-state index in [0.29, 0.717) is 0 Å². The highest BCUT2D eigenvalue weighted by Crippen LogP contribution is 2.22. The number of nitrogens with two attached hydrogens (primary N) is 1.